The van der Waals surface area contributed by atoms with E-state index in [9.17, 15) is 4.57 Å². The van der Waals surface area contributed by atoms with Gasteiger partial charge in [-0.25, -0.2) is 0 Å². The quantitative estimate of drug-likeness (QED) is 0.771. The Kier molecular flexibility index (Phi) is 5.88. The summed E-state index contributed by atoms with van der Waals surface area (Å²) in [5.74, 6) is -0.531. The molecule has 5 heteroatoms. The predicted molar refractivity (Wildman–Crippen MR) is 77.2 cm³/mol. The highest BCUT2D eigenvalue weighted by Gasteiger charge is 2.36. The van der Waals surface area contributed by atoms with Gasteiger partial charge in [0.1, 0.15) is 5.78 Å². The van der Waals surface area contributed by atoms with Gasteiger partial charge in [-0.2, -0.15) is 0 Å². The van der Waals surface area contributed by atoms with E-state index < -0.39 is 13.4 Å². The molecule has 0 heterocycles. The molecule has 0 saturated heterocycles. The van der Waals surface area contributed by atoms with Crippen LogP contribution >= 0.6 is 7.60 Å². The zero-order valence-corrected chi connectivity index (χ0v) is 12.9. The van der Waals surface area contributed by atoms with Gasteiger partial charge in [-0.1, -0.05) is 38.5 Å². The standard InChI is InChI=1S/C14H28NO3P/c1-12(15)19(16,17-13-8-4-2-5-9-13)18-14-10-6-3-7-11-14/h12-14H,2-11,15H2,1H3. The molecule has 0 amide bonds. The number of nitrogens with two attached hydrogens (primary N) is 1. The first-order chi connectivity index (χ1) is 9.10. The molecule has 0 radical (unpaired) electrons. The smallest absolute Gasteiger partial charge is 0.318 e. The molecule has 0 aromatic carbocycles. The van der Waals surface area contributed by atoms with Crippen molar-refractivity contribution in [2.75, 3.05) is 0 Å². The zero-order chi connectivity index (χ0) is 13.7. The highest BCUT2D eigenvalue weighted by molar-refractivity contribution is 7.54. The Hall–Kier alpha value is 0.110. The van der Waals surface area contributed by atoms with Gasteiger partial charge in [-0.15, -0.1) is 0 Å². The lowest BCUT2D eigenvalue weighted by Crippen LogP contribution is -2.27. The second kappa shape index (κ2) is 7.21. The van der Waals surface area contributed by atoms with Crippen molar-refractivity contribution >= 4 is 7.60 Å². The van der Waals surface area contributed by atoms with Crippen molar-refractivity contribution in [3.05, 3.63) is 0 Å². The molecule has 0 bridgehead atoms. The monoisotopic (exact) mass is 289 g/mol. The minimum atomic E-state index is -3.15. The van der Waals surface area contributed by atoms with Gasteiger partial charge in [0.2, 0.25) is 0 Å². The van der Waals surface area contributed by atoms with Crippen molar-refractivity contribution in [2.24, 2.45) is 5.73 Å². The average Bonchev–Trinajstić information content (AvgIpc) is 2.40. The Bertz CT molecular complexity index is 286. The number of hydrogen-bond acceptors (Lipinski definition) is 4. The highest BCUT2D eigenvalue weighted by Crippen LogP contribution is 2.55. The third-order valence-electron chi connectivity index (χ3n) is 4.20. The van der Waals surface area contributed by atoms with Crippen LogP contribution in [0.4, 0.5) is 0 Å². The molecule has 2 rings (SSSR count). The summed E-state index contributed by atoms with van der Waals surface area (Å²) in [5.41, 5.74) is 5.89. The summed E-state index contributed by atoms with van der Waals surface area (Å²) >= 11 is 0. The summed E-state index contributed by atoms with van der Waals surface area (Å²) < 4.78 is 24.6. The lowest BCUT2D eigenvalue weighted by Gasteiger charge is -2.32. The molecule has 0 spiro atoms. The molecule has 2 N–H and O–H groups in total. The summed E-state index contributed by atoms with van der Waals surface area (Å²) in [4.78, 5) is 0. The molecule has 2 saturated carbocycles. The first-order valence-corrected chi connectivity index (χ1v) is 9.43. The molecule has 2 aliphatic rings. The SMILES string of the molecule is CC(N)P(=O)(OC1CCCCC1)OC1CCCCC1. The van der Waals surface area contributed by atoms with Crippen molar-refractivity contribution in [1.29, 1.82) is 0 Å². The maximum atomic E-state index is 12.9. The van der Waals surface area contributed by atoms with Crippen LogP contribution in [-0.2, 0) is 13.6 Å². The maximum absolute atomic E-state index is 12.9. The van der Waals surface area contributed by atoms with Crippen molar-refractivity contribution in [3.8, 4) is 0 Å². The Balaban J connectivity index is 1.93. The fraction of sp³-hybridized carbons (Fsp3) is 1.00. The van der Waals surface area contributed by atoms with Crippen LogP contribution in [0.1, 0.15) is 71.1 Å². The third-order valence-corrected chi connectivity index (χ3v) is 6.38. The number of rotatable bonds is 5. The lowest BCUT2D eigenvalue weighted by atomic mass is 9.98. The van der Waals surface area contributed by atoms with E-state index >= 15 is 0 Å². The van der Waals surface area contributed by atoms with Crippen molar-refractivity contribution in [3.63, 3.8) is 0 Å². The molecule has 2 aliphatic carbocycles. The fourth-order valence-corrected chi connectivity index (χ4v) is 4.66. The van der Waals surface area contributed by atoms with Crippen molar-refractivity contribution < 1.29 is 13.6 Å². The van der Waals surface area contributed by atoms with Gasteiger partial charge in [0, 0.05) is 0 Å². The molecule has 1 unspecified atom stereocenters. The fourth-order valence-electron chi connectivity index (χ4n) is 2.97. The average molecular weight is 289 g/mol. The second-order valence-corrected chi connectivity index (χ2v) is 8.33. The molecule has 0 aliphatic heterocycles. The van der Waals surface area contributed by atoms with Gasteiger partial charge in [0.05, 0.1) is 12.2 Å². The van der Waals surface area contributed by atoms with Crippen LogP contribution < -0.4 is 5.73 Å². The van der Waals surface area contributed by atoms with E-state index in [0.717, 1.165) is 51.4 Å². The van der Waals surface area contributed by atoms with E-state index in [1.165, 1.54) is 12.8 Å². The topological polar surface area (TPSA) is 61.6 Å². The molecule has 0 aromatic heterocycles. The van der Waals surface area contributed by atoms with E-state index in [1.807, 2.05) is 0 Å². The Labute approximate surface area is 117 Å². The summed E-state index contributed by atoms with van der Waals surface area (Å²) in [7, 11) is -3.15. The zero-order valence-electron chi connectivity index (χ0n) is 12.1. The van der Waals surface area contributed by atoms with Gasteiger partial charge >= 0.3 is 7.60 Å². The Morgan fingerprint density at radius 1 is 0.895 bits per heavy atom. The number of hydrogen-bond donors (Lipinski definition) is 1. The minimum absolute atomic E-state index is 0.0779. The lowest BCUT2D eigenvalue weighted by molar-refractivity contribution is 0.0756. The van der Waals surface area contributed by atoms with E-state index in [2.05, 4.69) is 0 Å². The van der Waals surface area contributed by atoms with Gasteiger partial charge in [-0.05, 0) is 32.6 Å². The normalized spacial score (nSPS) is 25.4. The molecule has 112 valence electrons. The molecule has 1 atom stereocenters. The predicted octanol–water partition coefficient (Wildman–Crippen LogP) is 4.18. The van der Waals surface area contributed by atoms with Crippen molar-refractivity contribution in [2.45, 2.75) is 89.1 Å². The summed E-state index contributed by atoms with van der Waals surface area (Å²) in [6.07, 6.45) is 11.3. The molecule has 4 nitrogen and oxygen atoms in total. The first kappa shape index (κ1) is 15.5. The summed E-state index contributed by atoms with van der Waals surface area (Å²) in [6.45, 7) is 1.74. The van der Waals surface area contributed by atoms with Crippen molar-refractivity contribution in [1.82, 2.24) is 0 Å². The highest BCUT2D eigenvalue weighted by atomic mass is 31.2. The third kappa shape index (κ3) is 4.56. The minimum Gasteiger partial charge on any atom is -0.318 e. The van der Waals surface area contributed by atoms with Crippen LogP contribution in [0, 0.1) is 0 Å². The van der Waals surface area contributed by atoms with E-state index in [-0.39, 0.29) is 12.2 Å². The first-order valence-electron chi connectivity index (χ1n) is 7.82. The van der Waals surface area contributed by atoms with E-state index in [0.29, 0.717) is 0 Å². The van der Waals surface area contributed by atoms with Crippen LogP contribution in [0.2, 0.25) is 0 Å². The summed E-state index contributed by atoms with van der Waals surface area (Å²) in [6, 6.07) is 0. The molecule has 19 heavy (non-hydrogen) atoms. The van der Waals surface area contributed by atoms with Gasteiger partial charge in [-0.3, -0.25) is 4.57 Å². The summed E-state index contributed by atoms with van der Waals surface area (Å²) in [5, 5.41) is 0. The second-order valence-electron chi connectivity index (χ2n) is 6.01. The Morgan fingerprint density at radius 2 is 1.26 bits per heavy atom. The molecule has 2 fully saturated rings. The maximum Gasteiger partial charge on any atom is 0.347 e. The van der Waals surface area contributed by atoms with Crippen LogP contribution in [0.5, 0.6) is 0 Å². The van der Waals surface area contributed by atoms with E-state index in [1.54, 1.807) is 6.92 Å². The van der Waals surface area contributed by atoms with Crippen LogP contribution in [-0.4, -0.2) is 18.0 Å². The van der Waals surface area contributed by atoms with Crippen LogP contribution in [0.3, 0.4) is 0 Å². The van der Waals surface area contributed by atoms with Gasteiger partial charge in [0.15, 0.2) is 0 Å². The van der Waals surface area contributed by atoms with Gasteiger partial charge in [0.25, 0.3) is 0 Å². The molecular weight excluding hydrogens is 261 g/mol. The molecule has 0 aromatic rings. The largest absolute Gasteiger partial charge is 0.347 e. The van der Waals surface area contributed by atoms with Crippen LogP contribution in [0.25, 0.3) is 0 Å². The Morgan fingerprint density at radius 3 is 1.58 bits per heavy atom. The van der Waals surface area contributed by atoms with E-state index in [4.69, 9.17) is 14.8 Å². The van der Waals surface area contributed by atoms with Gasteiger partial charge < -0.3 is 14.8 Å². The molecular formula is C14H28NO3P. The van der Waals surface area contributed by atoms with Crippen LogP contribution in [0.15, 0.2) is 0 Å².